The largest absolute Gasteiger partial charge is 0.493 e. The standard InChI is InChI=1S/C22H27N3O4/c1-14-20(15(2)24-13-23-14)21(26)25-8-6-22(7-9-25)17-12-19(28-4)18(27-3)11-16(17)5-10-29-22/h11-13H,5-10H2,1-4H3. The van der Waals surface area contributed by atoms with Crippen LogP contribution >= 0.6 is 0 Å². The molecule has 1 saturated heterocycles. The van der Waals surface area contributed by atoms with Crippen LogP contribution in [0.4, 0.5) is 0 Å². The average molecular weight is 397 g/mol. The van der Waals surface area contributed by atoms with Crippen LogP contribution in [0.15, 0.2) is 18.5 Å². The molecule has 1 aromatic heterocycles. The van der Waals surface area contributed by atoms with E-state index in [0.29, 0.717) is 31.0 Å². The zero-order valence-electron chi connectivity index (χ0n) is 17.4. The number of fused-ring (bicyclic) bond motifs is 2. The third-order valence-corrected chi connectivity index (χ3v) is 6.15. The van der Waals surface area contributed by atoms with Crippen molar-refractivity contribution in [2.45, 2.75) is 38.7 Å². The molecule has 1 amide bonds. The lowest BCUT2D eigenvalue weighted by molar-refractivity contribution is -0.0936. The van der Waals surface area contributed by atoms with Crippen LogP contribution in [0, 0.1) is 13.8 Å². The minimum absolute atomic E-state index is 0.00112. The third kappa shape index (κ3) is 3.33. The van der Waals surface area contributed by atoms with Crippen LogP contribution in [-0.2, 0) is 16.8 Å². The molecule has 1 aromatic carbocycles. The van der Waals surface area contributed by atoms with Crippen LogP contribution in [0.1, 0.15) is 45.7 Å². The molecule has 29 heavy (non-hydrogen) atoms. The Balaban J connectivity index is 1.59. The predicted octanol–water partition coefficient (Wildman–Crippen LogP) is 2.81. The number of ether oxygens (including phenoxy) is 3. The number of benzene rings is 1. The summed E-state index contributed by atoms with van der Waals surface area (Å²) in [6.45, 7) is 5.63. The number of aryl methyl sites for hydroxylation is 2. The SMILES string of the molecule is COc1cc2c(cc1OC)C1(CCN(C(=O)c3c(C)ncnc3C)CC1)OCC2. The summed E-state index contributed by atoms with van der Waals surface area (Å²) in [6, 6.07) is 4.11. The Morgan fingerprint density at radius 1 is 1.07 bits per heavy atom. The Bertz CT molecular complexity index is 916. The van der Waals surface area contributed by atoms with Crippen LogP contribution < -0.4 is 9.47 Å². The molecular formula is C22H27N3O4. The number of piperidine rings is 1. The summed E-state index contributed by atoms with van der Waals surface area (Å²) in [7, 11) is 3.30. The number of carbonyl (C=O) groups is 1. The fourth-order valence-electron chi connectivity index (χ4n) is 4.53. The highest BCUT2D eigenvalue weighted by Gasteiger charge is 2.42. The van der Waals surface area contributed by atoms with Crippen molar-refractivity contribution < 1.29 is 19.0 Å². The van der Waals surface area contributed by atoms with Gasteiger partial charge < -0.3 is 19.1 Å². The monoisotopic (exact) mass is 397 g/mol. The van der Waals surface area contributed by atoms with Crippen molar-refractivity contribution in [1.82, 2.24) is 14.9 Å². The molecule has 1 fully saturated rings. The highest BCUT2D eigenvalue weighted by atomic mass is 16.5. The van der Waals surface area contributed by atoms with Crippen molar-refractivity contribution >= 4 is 5.91 Å². The molecule has 0 atom stereocenters. The van der Waals surface area contributed by atoms with Gasteiger partial charge in [0, 0.05) is 13.1 Å². The number of hydrogen-bond acceptors (Lipinski definition) is 6. The quantitative estimate of drug-likeness (QED) is 0.793. The smallest absolute Gasteiger partial charge is 0.257 e. The molecule has 7 nitrogen and oxygen atoms in total. The van der Waals surface area contributed by atoms with E-state index < -0.39 is 0 Å². The molecule has 0 unspecified atom stereocenters. The van der Waals surface area contributed by atoms with Gasteiger partial charge in [0.1, 0.15) is 6.33 Å². The first-order valence-corrected chi connectivity index (χ1v) is 9.96. The summed E-state index contributed by atoms with van der Waals surface area (Å²) in [5, 5.41) is 0. The summed E-state index contributed by atoms with van der Waals surface area (Å²) in [5.74, 6) is 1.45. The fourth-order valence-corrected chi connectivity index (χ4v) is 4.53. The number of amides is 1. The van der Waals surface area contributed by atoms with Gasteiger partial charge in [0.2, 0.25) is 0 Å². The number of rotatable bonds is 3. The van der Waals surface area contributed by atoms with Crippen molar-refractivity contribution in [1.29, 1.82) is 0 Å². The second kappa shape index (κ2) is 7.63. The first-order chi connectivity index (χ1) is 14.0. The normalized spacial score (nSPS) is 17.7. The molecule has 0 bridgehead atoms. The molecule has 0 N–H and O–H groups in total. The highest BCUT2D eigenvalue weighted by Crippen LogP contribution is 2.45. The summed E-state index contributed by atoms with van der Waals surface area (Å²) in [5.41, 5.74) is 4.06. The Morgan fingerprint density at radius 3 is 2.31 bits per heavy atom. The molecule has 0 saturated carbocycles. The molecular weight excluding hydrogens is 370 g/mol. The molecule has 4 rings (SSSR count). The van der Waals surface area contributed by atoms with E-state index in [4.69, 9.17) is 14.2 Å². The zero-order valence-corrected chi connectivity index (χ0v) is 17.4. The number of aromatic nitrogens is 2. The van der Waals surface area contributed by atoms with Gasteiger partial charge in [0.15, 0.2) is 11.5 Å². The van der Waals surface area contributed by atoms with Gasteiger partial charge >= 0.3 is 0 Å². The van der Waals surface area contributed by atoms with E-state index in [2.05, 4.69) is 16.0 Å². The van der Waals surface area contributed by atoms with E-state index in [1.807, 2.05) is 24.8 Å². The number of carbonyl (C=O) groups excluding carboxylic acids is 1. The van der Waals surface area contributed by atoms with E-state index in [-0.39, 0.29) is 11.5 Å². The Labute approximate surface area is 171 Å². The molecule has 7 heteroatoms. The average Bonchev–Trinajstić information content (AvgIpc) is 2.73. The Hall–Kier alpha value is -2.67. The summed E-state index contributed by atoms with van der Waals surface area (Å²) in [6.07, 6.45) is 3.83. The summed E-state index contributed by atoms with van der Waals surface area (Å²) < 4.78 is 17.3. The number of methoxy groups -OCH3 is 2. The van der Waals surface area contributed by atoms with Crippen molar-refractivity contribution in [3.63, 3.8) is 0 Å². The first-order valence-electron chi connectivity index (χ1n) is 9.96. The van der Waals surface area contributed by atoms with Gasteiger partial charge in [-0.05, 0) is 56.4 Å². The molecule has 0 radical (unpaired) electrons. The lowest BCUT2D eigenvalue weighted by atomic mass is 9.79. The lowest BCUT2D eigenvalue weighted by Crippen LogP contribution is -2.48. The van der Waals surface area contributed by atoms with E-state index in [1.54, 1.807) is 14.2 Å². The van der Waals surface area contributed by atoms with Crippen LogP contribution in [0.2, 0.25) is 0 Å². The number of likely N-dealkylation sites (tertiary alicyclic amines) is 1. The van der Waals surface area contributed by atoms with Gasteiger partial charge in [-0.2, -0.15) is 0 Å². The number of nitrogens with zero attached hydrogens (tertiary/aromatic N) is 3. The molecule has 3 heterocycles. The van der Waals surface area contributed by atoms with Crippen LogP contribution in [0.25, 0.3) is 0 Å². The van der Waals surface area contributed by atoms with E-state index in [9.17, 15) is 4.79 Å². The Kier molecular flexibility index (Phi) is 5.17. The molecule has 2 aliphatic heterocycles. The maximum absolute atomic E-state index is 13.1. The van der Waals surface area contributed by atoms with Crippen LogP contribution in [-0.4, -0.2) is 54.7 Å². The topological polar surface area (TPSA) is 73.8 Å². The molecule has 2 aromatic rings. The second-order valence-corrected chi connectivity index (χ2v) is 7.67. The molecule has 0 aliphatic carbocycles. The molecule has 2 aliphatic rings. The number of hydrogen-bond donors (Lipinski definition) is 0. The fraction of sp³-hybridized carbons (Fsp3) is 0.500. The van der Waals surface area contributed by atoms with Gasteiger partial charge in [-0.1, -0.05) is 0 Å². The minimum atomic E-state index is -0.388. The van der Waals surface area contributed by atoms with E-state index in [1.165, 1.54) is 11.9 Å². The van der Waals surface area contributed by atoms with E-state index >= 15 is 0 Å². The van der Waals surface area contributed by atoms with Crippen molar-refractivity contribution in [2.24, 2.45) is 0 Å². The Morgan fingerprint density at radius 2 is 1.69 bits per heavy atom. The van der Waals surface area contributed by atoms with Crippen molar-refractivity contribution in [3.05, 3.63) is 46.5 Å². The predicted molar refractivity (Wildman–Crippen MR) is 108 cm³/mol. The van der Waals surface area contributed by atoms with Crippen LogP contribution in [0.5, 0.6) is 11.5 Å². The highest BCUT2D eigenvalue weighted by molar-refractivity contribution is 5.96. The van der Waals surface area contributed by atoms with Gasteiger partial charge in [0.25, 0.3) is 5.91 Å². The third-order valence-electron chi connectivity index (χ3n) is 6.15. The van der Waals surface area contributed by atoms with Gasteiger partial charge in [-0.3, -0.25) is 4.79 Å². The molecule has 154 valence electrons. The second-order valence-electron chi connectivity index (χ2n) is 7.67. The first kappa shape index (κ1) is 19.6. The van der Waals surface area contributed by atoms with Crippen molar-refractivity contribution in [3.8, 4) is 11.5 Å². The van der Waals surface area contributed by atoms with Crippen molar-refractivity contribution in [2.75, 3.05) is 33.9 Å². The molecule has 1 spiro atoms. The van der Waals surface area contributed by atoms with Crippen LogP contribution in [0.3, 0.4) is 0 Å². The maximum Gasteiger partial charge on any atom is 0.257 e. The maximum atomic E-state index is 13.1. The van der Waals surface area contributed by atoms with Gasteiger partial charge in [-0.25, -0.2) is 9.97 Å². The minimum Gasteiger partial charge on any atom is -0.493 e. The summed E-state index contributed by atoms with van der Waals surface area (Å²) >= 11 is 0. The summed E-state index contributed by atoms with van der Waals surface area (Å²) in [4.78, 5) is 23.4. The zero-order chi connectivity index (χ0) is 20.6. The van der Waals surface area contributed by atoms with Gasteiger partial charge in [0.05, 0.1) is 43.4 Å². The van der Waals surface area contributed by atoms with E-state index in [0.717, 1.165) is 42.0 Å². The van der Waals surface area contributed by atoms with Gasteiger partial charge in [-0.15, -0.1) is 0 Å². The lowest BCUT2D eigenvalue weighted by Gasteiger charge is -2.45.